The van der Waals surface area contributed by atoms with Crippen molar-refractivity contribution in [3.8, 4) is 0 Å². The van der Waals surface area contributed by atoms with E-state index in [2.05, 4.69) is 0 Å². The molecule has 1 N–H and O–H groups in total. The summed E-state index contributed by atoms with van der Waals surface area (Å²) < 4.78 is 27.0. The Balaban J connectivity index is 1.94. The molecule has 30 heavy (non-hydrogen) atoms. The minimum Gasteiger partial charge on any atom is -0.502 e. The highest BCUT2D eigenvalue weighted by Crippen LogP contribution is 2.44. The normalized spacial score (nSPS) is 16.9. The molecule has 1 atom stereocenters. The van der Waals surface area contributed by atoms with Crippen molar-refractivity contribution < 1.29 is 18.3 Å². The Morgan fingerprint density at radius 1 is 0.900 bits per heavy atom. The van der Waals surface area contributed by atoms with Crippen molar-refractivity contribution in [1.29, 1.82) is 0 Å². The van der Waals surface area contributed by atoms with Crippen LogP contribution < -0.4 is 4.90 Å². The molecule has 3 aromatic rings. The number of sulfone groups is 1. The lowest BCUT2D eigenvalue weighted by Crippen LogP contribution is -2.31. The number of rotatable bonds is 4. The molecule has 7 heteroatoms. The second kappa shape index (κ2) is 7.63. The summed E-state index contributed by atoms with van der Waals surface area (Å²) >= 11 is 6.01. The van der Waals surface area contributed by atoms with Gasteiger partial charge in [-0.2, -0.15) is 0 Å². The van der Waals surface area contributed by atoms with Gasteiger partial charge >= 0.3 is 0 Å². The van der Waals surface area contributed by atoms with Crippen molar-refractivity contribution in [1.82, 2.24) is 0 Å². The Labute approximate surface area is 179 Å². The summed E-state index contributed by atoms with van der Waals surface area (Å²) in [7, 11) is -4.15. The monoisotopic (exact) mass is 439 g/mol. The number of anilines is 1. The first-order valence-corrected chi connectivity index (χ1v) is 11.1. The van der Waals surface area contributed by atoms with Gasteiger partial charge in [0.05, 0.1) is 4.90 Å². The van der Waals surface area contributed by atoms with Gasteiger partial charge in [0.25, 0.3) is 5.91 Å². The van der Waals surface area contributed by atoms with Crippen molar-refractivity contribution in [3.05, 3.63) is 106 Å². The lowest BCUT2D eigenvalue weighted by atomic mass is 10.1. The Bertz CT molecular complexity index is 1230. The summed E-state index contributed by atoms with van der Waals surface area (Å²) in [5.74, 6) is -1.55. The van der Waals surface area contributed by atoms with Gasteiger partial charge in [0, 0.05) is 10.7 Å². The van der Waals surface area contributed by atoms with Crippen LogP contribution in [-0.2, 0) is 14.6 Å². The number of aryl methyl sites for hydroxylation is 1. The number of hydrogen-bond acceptors (Lipinski definition) is 4. The summed E-state index contributed by atoms with van der Waals surface area (Å²) in [6, 6.07) is 20.5. The minimum atomic E-state index is -4.15. The summed E-state index contributed by atoms with van der Waals surface area (Å²) in [5, 5.41) is 11.2. The highest BCUT2D eigenvalue weighted by atomic mass is 35.5. The molecule has 0 radical (unpaired) electrons. The molecule has 0 aliphatic carbocycles. The van der Waals surface area contributed by atoms with Gasteiger partial charge in [-0.3, -0.25) is 9.69 Å². The Morgan fingerprint density at radius 3 is 2.10 bits per heavy atom. The van der Waals surface area contributed by atoms with E-state index in [1.165, 1.54) is 17.0 Å². The van der Waals surface area contributed by atoms with Crippen LogP contribution in [0, 0.1) is 6.92 Å². The molecule has 0 unspecified atom stereocenters. The van der Waals surface area contributed by atoms with Gasteiger partial charge in [0.15, 0.2) is 5.76 Å². The van der Waals surface area contributed by atoms with E-state index < -0.39 is 27.5 Å². The van der Waals surface area contributed by atoms with Gasteiger partial charge in [-0.1, -0.05) is 59.6 Å². The van der Waals surface area contributed by atoms with Crippen LogP contribution in [0.1, 0.15) is 17.2 Å². The number of hydrogen-bond donors (Lipinski definition) is 1. The summed E-state index contributed by atoms with van der Waals surface area (Å²) in [5.41, 5.74) is 1.89. The first kappa shape index (κ1) is 20.2. The van der Waals surface area contributed by atoms with Gasteiger partial charge in [0.2, 0.25) is 9.84 Å². The predicted octanol–water partition coefficient (Wildman–Crippen LogP) is 4.98. The van der Waals surface area contributed by atoms with Gasteiger partial charge < -0.3 is 5.11 Å². The molecule has 0 saturated heterocycles. The van der Waals surface area contributed by atoms with E-state index in [1.807, 2.05) is 6.92 Å². The zero-order chi connectivity index (χ0) is 21.5. The van der Waals surface area contributed by atoms with E-state index >= 15 is 0 Å². The van der Waals surface area contributed by atoms with E-state index in [0.29, 0.717) is 16.3 Å². The summed E-state index contributed by atoms with van der Waals surface area (Å²) in [6.07, 6.45) is 0. The third-order valence-electron chi connectivity index (χ3n) is 5.00. The molecule has 0 aromatic heterocycles. The third-order valence-corrected chi connectivity index (χ3v) is 7.14. The molecule has 0 saturated carbocycles. The Kier molecular flexibility index (Phi) is 5.13. The van der Waals surface area contributed by atoms with E-state index in [1.54, 1.807) is 66.7 Å². The van der Waals surface area contributed by atoms with Crippen molar-refractivity contribution in [2.75, 3.05) is 4.90 Å². The van der Waals surface area contributed by atoms with Crippen molar-refractivity contribution >= 4 is 33.0 Å². The van der Waals surface area contributed by atoms with Crippen LogP contribution in [0.15, 0.2) is 94.4 Å². The lowest BCUT2D eigenvalue weighted by Gasteiger charge is -2.27. The van der Waals surface area contributed by atoms with Crippen LogP contribution >= 0.6 is 11.6 Å². The number of aliphatic hydroxyl groups is 1. The molecule has 1 aliphatic rings. The molecular formula is C23H18ClNO4S. The van der Waals surface area contributed by atoms with Crippen LogP contribution in [0.5, 0.6) is 0 Å². The molecule has 0 bridgehead atoms. The summed E-state index contributed by atoms with van der Waals surface area (Å²) in [4.78, 5) is 14.0. The van der Waals surface area contributed by atoms with E-state index in [9.17, 15) is 18.3 Å². The van der Waals surface area contributed by atoms with Gasteiger partial charge in [-0.05, 0) is 48.9 Å². The zero-order valence-electron chi connectivity index (χ0n) is 16.0. The average Bonchev–Trinajstić information content (AvgIpc) is 3.01. The standard InChI is InChI=1S/C23H18ClNO4S/c1-15-7-13-19(14-8-15)30(28,29)22-20(16-9-11-17(24)12-10-16)25(23(27)21(22)26)18-5-3-2-4-6-18/h2-14,20,26H,1H3/t20-/m1/s1. The molecule has 152 valence electrons. The van der Waals surface area contributed by atoms with Crippen LogP contribution in [0.3, 0.4) is 0 Å². The largest absolute Gasteiger partial charge is 0.502 e. The number of carbonyl (C=O) groups excluding carboxylic acids is 1. The van der Waals surface area contributed by atoms with Crippen molar-refractivity contribution in [2.45, 2.75) is 17.9 Å². The van der Waals surface area contributed by atoms with Crippen LogP contribution in [0.25, 0.3) is 0 Å². The number of nitrogens with zero attached hydrogens (tertiary/aromatic N) is 1. The maximum atomic E-state index is 13.5. The van der Waals surface area contributed by atoms with E-state index in [0.717, 1.165) is 5.56 Å². The second-order valence-corrected chi connectivity index (χ2v) is 9.35. The number of para-hydroxylation sites is 1. The molecule has 0 spiro atoms. The first-order chi connectivity index (χ1) is 14.3. The third kappa shape index (κ3) is 3.38. The van der Waals surface area contributed by atoms with Crippen molar-refractivity contribution in [3.63, 3.8) is 0 Å². The first-order valence-electron chi connectivity index (χ1n) is 9.19. The highest BCUT2D eigenvalue weighted by molar-refractivity contribution is 7.95. The number of carbonyl (C=O) groups is 1. The molecular weight excluding hydrogens is 422 g/mol. The topological polar surface area (TPSA) is 74.7 Å². The van der Waals surface area contributed by atoms with Crippen LogP contribution in [0.4, 0.5) is 5.69 Å². The Morgan fingerprint density at radius 2 is 1.50 bits per heavy atom. The number of aliphatic hydroxyl groups excluding tert-OH is 1. The zero-order valence-corrected chi connectivity index (χ0v) is 17.6. The maximum Gasteiger partial charge on any atom is 0.295 e. The molecule has 1 aliphatic heterocycles. The van der Waals surface area contributed by atoms with E-state index in [4.69, 9.17) is 11.6 Å². The number of amides is 1. The molecule has 4 rings (SSSR count). The minimum absolute atomic E-state index is 0.0105. The van der Waals surface area contributed by atoms with Gasteiger partial charge in [-0.25, -0.2) is 8.42 Å². The Hall–Kier alpha value is -3.09. The van der Waals surface area contributed by atoms with Crippen LogP contribution in [-0.4, -0.2) is 19.4 Å². The molecule has 0 fully saturated rings. The van der Waals surface area contributed by atoms with Crippen LogP contribution in [0.2, 0.25) is 5.02 Å². The lowest BCUT2D eigenvalue weighted by molar-refractivity contribution is -0.117. The van der Waals surface area contributed by atoms with Gasteiger partial charge in [0.1, 0.15) is 10.9 Å². The number of benzene rings is 3. The molecule has 1 heterocycles. The molecule has 1 amide bonds. The van der Waals surface area contributed by atoms with Gasteiger partial charge in [-0.15, -0.1) is 0 Å². The van der Waals surface area contributed by atoms with Crippen molar-refractivity contribution in [2.24, 2.45) is 0 Å². The highest BCUT2D eigenvalue weighted by Gasteiger charge is 2.47. The second-order valence-electron chi connectivity index (χ2n) is 6.99. The fourth-order valence-electron chi connectivity index (χ4n) is 3.50. The summed E-state index contributed by atoms with van der Waals surface area (Å²) in [6.45, 7) is 1.85. The quantitative estimate of drug-likeness (QED) is 0.622. The van der Waals surface area contributed by atoms with E-state index in [-0.39, 0.29) is 9.80 Å². The number of halogens is 1. The molecule has 3 aromatic carbocycles. The molecule has 5 nitrogen and oxygen atoms in total. The smallest absolute Gasteiger partial charge is 0.295 e. The fourth-order valence-corrected chi connectivity index (χ4v) is 5.25. The predicted molar refractivity (Wildman–Crippen MR) is 116 cm³/mol. The SMILES string of the molecule is Cc1ccc(S(=O)(=O)C2=C(O)C(=O)N(c3ccccc3)[C@@H]2c2ccc(Cl)cc2)cc1. The fraction of sp³-hybridized carbons (Fsp3) is 0.0870. The average molecular weight is 440 g/mol. The maximum absolute atomic E-state index is 13.5.